The number of benzene rings is 1. The van der Waals surface area contributed by atoms with Crippen molar-refractivity contribution >= 4 is 22.6 Å². The molecule has 0 aliphatic heterocycles. The van der Waals surface area contributed by atoms with E-state index in [1.807, 2.05) is 6.07 Å². The highest BCUT2D eigenvalue weighted by atomic mass is 127. The van der Waals surface area contributed by atoms with Crippen LogP contribution in [0.2, 0.25) is 0 Å². The van der Waals surface area contributed by atoms with Gasteiger partial charge in [-0.05, 0) is 34.7 Å². The van der Waals surface area contributed by atoms with Crippen molar-refractivity contribution in [2.45, 2.75) is 6.67 Å². The standard InChI is InChI=1S/C8H5FIN/c9-4-6-1-2-8(10)3-7(6)5-11/h1-3H,4H2. The molecule has 0 aliphatic rings. The minimum absolute atomic E-state index is 0.430. The minimum atomic E-state index is -0.570. The predicted molar refractivity (Wildman–Crippen MR) is 48.7 cm³/mol. The van der Waals surface area contributed by atoms with Crippen molar-refractivity contribution in [2.75, 3.05) is 0 Å². The summed E-state index contributed by atoms with van der Waals surface area (Å²) in [6, 6.07) is 7.05. The number of halogens is 2. The molecule has 0 fully saturated rings. The van der Waals surface area contributed by atoms with E-state index in [0.717, 1.165) is 3.57 Å². The fourth-order valence-electron chi connectivity index (χ4n) is 0.769. The molecule has 0 saturated carbocycles. The molecule has 0 radical (unpaired) electrons. The molecule has 0 spiro atoms. The summed E-state index contributed by atoms with van der Waals surface area (Å²) in [7, 11) is 0. The summed E-state index contributed by atoms with van der Waals surface area (Å²) in [5.74, 6) is 0. The van der Waals surface area contributed by atoms with Crippen LogP contribution in [-0.4, -0.2) is 0 Å². The molecule has 1 rings (SSSR count). The Bertz CT molecular complexity index is 303. The van der Waals surface area contributed by atoms with Crippen LogP contribution >= 0.6 is 22.6 Å². The molecule has 0 aliphatic carbocycles. The zero-order valence-corrected chi connectivity index (χ0v) is 7.80. The first-order valence-corrected chi connectivity index (χ1v) is 4.10. The van der Waals surface area contributed by atoms with Gasteiger partial charge in [-0.3, -0.25) is 0 Å². The normalized spacial score (nSPS) is 9.18. The van der Waals surface area contributed by atoms with E-state index in [2.05, 4.69) is 22.6 Å². The van der Waals surface area contributed by atoms with E-state index in [1.165, 1.54) is 0 Å². The molecule has 0 atom stereocenters. The van der Waals surface area contributed by atoms with Crippen LogP contribution in [0.4, 0.5) is 4.39 Å². The lowest BCUT2D eigenvalue weighted by molar-refractivity contribution is 0.484. The van der Waals surface area contributed by atoms with Crippen LogP contribution in [0.3, 0.4) is 0 Å². The molecule has 56 valence electrons. The Morgan fingerprint density at radius 1 is 1.55 bits per heavy atom. The smallest absolute Gasteiger partial charge is 0.116 e. The van der Waals surface area contributed by atoms with Crippen molar-refractivity contribution in [3.05, 3.63) is 32.9 Å². The van der Waals surface area contributed by atoms with Crippen molar-refractivity contribution in [1.29, 1.82) is 5.26 Å². The highest BCUT2D eigenvalue weighted by Gasteiger charge is 2.00. The predicted octanol–water partition coefficient (Wildman–Crippen LogP) is 2.63. The topological polar surface area (TPSA) is 23.8 Å². The quantitative estimate of drug-likeness (QED) is 0.713. The molecule has 0 heterocycles. The SMILES string of the molecule is N#Cc1cc(I)ccc1CF. The van der Waals surface area contributed by atoms with Crippen LogP contribution in [-0.2, 0) is 6.67 Å². The molecular formula is C8H5FIN. The van der Waals surface area contributed by atoms with E-state index in [4.69, 9.17) is 5.26 Å². The van der Waals surface area contributed by atoms with Crippen molar-refractivity contribution in [3.8, 4) is 6.07 Å². The Hall–Kier alpha value is -0.630. The second kappa shape index (κ2) is 3.67. The van der Waals surface area contributed by atoms with Gasteiger partial charge in [-0.15, -0.1) is 0 Å². The van der Waals surface area contributed by atoms with Gasteiger partial charge in [-0.2, -0.15) is 5.26 Å². The van der Waals surface area contributed by atoms with Crippen molar-refractivity contribution in [2.24, 2.45) is 0 Å². The van der Waals surface area contributed by atoms with Gasteiger partial charge < -0.3 is 0 Å². The Balaban J connectivity index is 3.19. The number of nitrogens with zero attached hydrogens (tertiary/aromatic N) is 1. The summed E-state index contributed by atoms with van der Waals surface area (Å²) in [5.41, 5.74) is 0.896. The third kappa shape index (κ3) is 1.90. The fourth-order valence-corrected chi connectivity index (χ4v) is 1.26. The Labute approximate surface area is 78.0 Å². The molecule has 0 bridgehead atoms. The van der Waals surface area contributed by atoms with Crippen LogP contribution < -0.4 is 0 Å². The molecule has 0 unspecified atom stereocenters. The summed E-state index contributed by atoms with van der Waals surface area (Å²) in [6.07, 6.45) is 0. The van der Waals surface area contributed by atoms with Gasteiger partial charge in [-0.1, -0.05) is 6.07 Å². The summed E-state index contributed by atoms with van der Waals surface area (Å²) < 4.78 is 13.1. The molecule has 0 amide bonds. The monoisotopic (exact) mass is 261 g/mol. The van der Waals surface area contributed by atoms with Gasteiger partial charge in [0.05, 0.1) is 11.6 Å². The van der Waals surface area contributed by atoms with Gasteiger partial charge in [-0.25, -0.2) is 4.39 Å². The lowest BCUT2D eigenvalue weighted by atomic mass is 10.1. The highest BCUT2D eigenvalue weighted by molar-refractivity contribution is 14.1. The first-order valence-electron chi connectivity index (χ1n) is 3.02. The molecule has 11 heavy (non-hydrogen) atoms. The van der Waals surface area contributed by atoms with Crippen LogP contribution in [0, 0.1) is 14.9 Å². The second-order valence-corrected chi connectivity index (χ2v) is 3.29. The zero-order chi connectivity index (χ0) is 8.27. The maximum atomic E-state index is 12.2. The summed E-state index contributed by atoms with van der Waals surface area (Å²) >= 11 is 2.09. The Kier molecular flexibility index (Phi) is 2.83. The van der Waals surface area contributed by atoms with Crippen LogP contribution in [0.15, 0.2) is 18.2 Å². The summed E-state index contributed by atoms with van der Waals surface area (Å²) in [5, 5.41) is 8.55. The number of hydrogen-bond donors (Lipinski definition) is 0. The van der Waals surface area contributed by atoms with Gasteiger partial charge in [0, 0.05) is 9.13 Å². The number of nitriles is 1. The largest absolute Gasteiger partial charge is 0.246 e. The maximum Gasteiger partial charge on any atom is 0.116 e. The first kappa shape index (κ1) is 8.47. The van der Waals surface area contributed by atoms with Crippen molar-refractivity contribution < 1.29 is 4.39 Å². The van der Waals surface area contributed by atoms with Crippen molar-refractivity contribution in [1.82, 2.24) is 0 Å². The van der Waals surface area contributed by atoms with Gasteiger partial charge >= 0.3 is 0 Å². The van der Waals surface area contributed by atoms with Crippen LogP contribution in [0.25, 0.3) is 0 Å². The molecule has 1 aromatic rings. The van der Waals surface area contributed by atoms with Gasteiger partial charge in [0.1, 0.15) is 6.67 Å². The zero-order valence-electron chi connectivity index (χ0n) is 5.64. The van der Waals surface area contributed by atoms with E-state index < -0.39 is 6.67 Å². The number of alkyl halides is 1. The molecular weight excluding hydrogens is 256 g/mol. The molecule has 0 aromatic heterocycles. The Morgan fingerprint density at radius 3 is 2.82 bits per heavy atom. The van der Waals surface area contributed by atoms with Crippen LogP contribution in [0.5, 0.6) is 0 Å². The summed E-state index contributed by atoms with van der Waals surface area (Å²) in [6.45, 7) is -0.570. The van der Waals surface area contributed by atoms with E-state index in [9.17, 15) is 4.39 Å². The average molecular weight is 261 g/mol. The molecule has 0 N–H and O–H groups in total. The second-order valence-electron chi connectivity index (χ2n) is 2.05. The molecule has 0 saturated heterocycles. The number of hydrogen-bond acceptors (Lipinski definition) is 1. The Morgan fingerprint density at radius 2 is 2.27 bits per heavy atom. The van der Waals surface area contributed by atoms with E-state index in [-0.39, 0.29) is 0 Å². The number of rotatable bonds is 1. The average Bonchev–Trinajstić information content (AvgIpc) is 2.04. The lowest BCUT2D eigenvalue weighted by Crippen LogP contribution is -1.86. The van der Waals surface area contributed by atoms with Gasteiger partial charge in [0.15, 0.2) is 0 Å². The molecule has 1 aromatic carbocycles. The van der Waals surface area contributed by atoms with E-state index in [0.29, 0.717) is 11.1 Å². The van der Waals surface area contributed by atoms with E-state index in [1.54, 1.807) is 18.2 Å². The fraction of sp³-hybridized carbons (Fsp3) is 0.125. The maximum absolute atomic E-state index is 12.2. The van der Waals surface area contributed by atoms with Gasteiger partial charge in [0.2, 0.25) is 0 Å². The third-order valence-electron chi connectivity index (χ3n) is 1.34. The molecule has 1 nitrogen and oxygen atoms in total. The van der Waals surface area contributed by atoms with Gasteiger partial charge in [0.25, 0.3) is 0 Å². The minimum Gasteiger partial charge on any atom is -0.246 e. The van der Waals surface area contributed by atoms with E-state index >= 15 is 0 Å². The first-order chi connectivity index (χ1) is 5.27. The molecule has 3 heteroatoms. The third-order valence-corrected chi connectivity index (χ3v) is 2.01. The van der Waals surface area contributed by atoms with Crippen molar-refractivity contribution in [3.63, 3.8) is 0 Å². The highest BCUT2D eigenvalue weighted by Crippen LogP contribution is 2.13. The summed E-state index contributed by atoms with van der Waals surface area (Å²) in [4.78, 5) is 0. The van der Waals surface area contributed by atoms with Crippen LogP contribution in [0.1, 0.15) is 11.1 Å². The lowest BCUT2D eigenvalue weighted by Gasteiger charge is -1.97.